The predicted octanol–water partition coefficient (Wildman–Crippen LogP) is 5.13. The van der Waals surface area contributed by atoms with Gasteiger partial charge in [-0.3, -0.25) is 4.79 Å². The summed E-state index contributed by atoms with van der Waals surface area (Å²) in [4.78, 5) is 14.3. The fraction of sp³-hybridized carbons (Fsp3) is 0.227. The summed E-state index contributed by atoms with van der Waals surface area (Å²) in [6, 6.07) is 12.6. The van der Waals surface area contributed by atoms with Crippen molar-refractivity contribution >= 4 is 22.4 Å². The number of alkyl halides is 3. The molecule has 2 aromatic carbocycles. The zero-order valence-electron chi connectivity index (χ0n) is 15.3. The fourth-order valence-corrected chi connectivity index (χ4v) is 3.68. The summed E-state index contributed by atoms with van der Waals surface area (Å²) >= 11 is 0. The fourth-order valence-electron chi connectivity index (χ4n) is 3.68. The molecule has 0 atom stereocenters. The van der Waals surface area contributed by atoms with E-state index in [1.54, 1.807) is 4.90 Å². The van der Waals surface area contributed by atoms with Crippen molar-refractivity contribution in [1.29, 1.82) is 0 Å². The van der Waals surface area contributed by atoms with Crippen molar-refractivity contribution < 1.29 is 18.0 Å². The lowest BCUT2D eigenvalue weighted by Gasteiger charge is -2.26. The first-order valence-electron chi connectivity index (χ1n) is 9.04. The van der Waals surface area contributed by atoms with Crippen molar-refractivity contribution in [2.45, 2.75) is 12.6 Å². The summed E-state index contributed by atoms with van der Waals surface area (Å²) in [6.45, 7) is 0.979. The number of aromatic nitrogens is 1. The number of hydrogen-bond acceptors (Lipinski definition) is 1. The van der Waals surface area contributed by atoms with Gasteiger partial charge in [-0.05, 0) is 42.3 Å². The van der Waals surface area contributed by atoms with Crippen molar-refractivity contribution in [3.8, 4) is 0 Å². The molecule has 2 heterocycles. The Balaban J connectivity index is 1.53. The number of amides is 1. The molecule has 0 bridgehead atoms. The smallest absolute Gasteiger partial charge is 0.350 e. The molecule has 4 rings (SSSR count). The minimum atomic E-state index is -4.40. The summed E-state index contributed by atoms with van der Waals surface area (Å²) in [6.07, 6.45) is 0.445. The molecule has 0 saturated carbocycles. The van der Waals surface area contributed by atoms with E-state index in [1.807, 2.05) is 25.3 Å². The van der Waals surface area contributed by atoms with Gasteiger partial charge in [0, 0.05) is 48.4 Å². The molecule has 3 nitrogen and oxygen atoms in total. The van der Waals surface area contributed by atoms with E-state index in [9.17, 15) is 18.0 Å². The Morgan fingerprint density at radius 1 is 1.04 bits per heavy atom. The van der Waals surface area contributed by atoms with Crippen LogP contribution in [0.25, 0.3) is 16.5 Å². The van der Waals surface area contributed by atoms with Gasteiger partial charge in [0.1, 0.15) is 0 Å². The quantitative estimate of drug-likeness (QED) is 0.602. The lowest BCUT2D eigenvalue weighted by Crippen LogP contribution is -2.34. The number of para-hydroxylation sites is 1. The van der Waals surface area contributed by atoms with Crippen LogP contribution in [0.15, 0.2) is 60.8 Å². The molecule has 1 amide bonds. The second-order valence-electron chi connectivity index (χ2n) is 6.98. The van der Waals surface area contributed by atoms with Crippen LogP contribution in [0.4, 0.5) is 13.2 Å². The molecule has 0 saturated heterocycles. The van der Waals surface area contributed by atoms with Crippen LogP contribution in [0.3, 0.4) is 0 Å². The van der Waals surface area contributed by atoms with Crippen LogP contribution < -0.4 is 0 Å². The Morgan fingerprint density at radius 2 is 1.75 bits per heavy atom. The maximum absolute atomic E-state index is 12.7. The summed E-state index contributed by atoms with van der Waals surface area (Å²) in [5.74, 6) is -0.248. The van der Waals surface area contributed by atoms with Gasteiger partial charge in [0.2, 0.25) is 0 Å². The van der Waals surface area contributed by atoms with E-state index in [1.165, 1.54) is 28.7 Å². The van der Waals surface area contributed by atoms with E-state index in [0.717, 1.165) is 17.6 Å². The Morgan fingerprint density at radius 3 is 2.39 bits per heavy atom. The van der Waals surface area contributed by atoms with Crippen molar-refractivity contribution in [3.63, 3.8) is 0 Å². The minimum Gasteiger partial charge on any atom is -0.350 e. The molecule has 6 heteroatoms. The number of aryl methyl sites for hydroxylation is 1. The van der Waals surface area contributed by atoms with Crippen LogP contribution >= 0.6 is 0 Å². The Kier molecular flexibility index (Phi) is 4.49. The maximum atomic E-state index is 12.7. The third-order valence-corrected chi connectivity index (χ3v) is 5.20. The second-order valence-corrected chi connectivity index (χ2v) is 6.98. The highest BCUT2D eigenvalue weighted by molar-refractivity contribution is 5.96. The van der Waals surface area contributed by atoms with Gasteiger partial charge in [0.15, 0.2) is 0 Å². The van der Waals surface area contributed by atoms with Crippen LogP contribution in [0.5, 0.6) is 0 Å². The number of halogens is 3. The molecule has 28 heavy (non-hydrogen) atoms. The first-order chi connectivity index (χ1) is 13.3. The van der Waals surface area contributed by atoms with Gasteiger partial charge in [0.05, 0.1) is 5.56 Å². The van der Waals surface area contributed by atoms with E-state index in [2.05, 4.69) is 22.9 Å². The van der Waals surface area contributed by atoms with Crippen LogP contribution in [-0.2, 0) is 13.2 Å². The lowest BCUT2D eigenvalue weighted by atomic mass is 9.98. The Hall–Kier alpha value is -3.02. The van der Waals surface area contributed by atoms with Gasteiger partial charge in [-0.15, -0.1) is 0 Å². The molecule has 0 unspecified atom stereocenters. The molecule has 0 aliphatic carbocycles. The van der Waals surface area contributed by atoms with Crippen LogP contribution in [0.1, 0.15) is 27.9 Å². The molecule has 0 radical (unpaired) electrons. The topological polar surface area (TPSA) is 25.2 Å². The summed E-state index contributed by atoms with van der Waals surface area (Å²) in [5, 5.41) is 1.18. The highest BCUT2D eigenvalue weighted by atomic mass is 19.4. The van der Waals surface area contributed by atoms with E-state index in [0.29, 0.717) is 19.5 Å². The number of benzene rings is 2. The molecule has 1 aliphatic rings. The monoisotopic (exact) mass is 384 g/mol. The van der Waals surface area contributed by atoms with Crippen LogP contribution in [0, 0.1) is 0 Å². The van der Waals surface area contributed by atoms with Gasteiger partial charge in [-0.2, -0.15) is 13.2 Å². The number of rotatable bonds is 2. The highest BCUT2D eigenvalue weighted by Gasteiger charge is 2.30. The van der Waals surface area contributed by atoms with E-state index >= 15 is 0 Å². The van der Waals surface area contributed by atoms with Gasteiger partial charge >= 0.3 is 6.18 Å². The number of hydrogen-bond donors (Lipinski definition) is 0. The first kappa shape index (κ1) is 18.3. The summed E-state index contributed by atoms with van der Waals surface area (Å²) in [7, 11) is 2.01. The van der Waals surface area contributed by atoms with Gasteiger partial charge in [-0.25, -0.2) is 0 Å². The molecule has 0 spiro atoms. The molecule has 1 aromatic heterocycles. The number of carbonyl (C=O) groups excluding carboxylic acids is 1. The second kappa shape index (κ2) is 6.86. The van der Waals surface area contributed by atoms with E-state index in [-0.39, 0.29) is 11.5 Å². The SMILES string of the molecule is Cn1cc(C2=CCN(C(=O)c3ccc(C(F)(F)F)cc3)CC2)c2ccccc21. The highest BCUT2D eigenvalue weighted by Crippen LogP contribution is 2.31. The number of fused-ring (bicyclic) bond motifs is 1. The average Bonchev–Trinajstić information content (AvgIpc) is 3.04. The largest absolute Gasteiger partial charge is 0.416 e. The number of carbonyl (C=O) groups is 1. The first-order valence-corrected chi connectivity index (χ1v) is 9.04. The van der Waals surface area contributed by atoms with Crippen molar-refractivity contribution in [2.75, 3.05) is 13.1 Å². The lowest BCUT2D eigenvalue weighted by molar-refractivity contribution is -0.137. The predicted molar refractivity (Wildman–Crippen MR) is 103 cm³/mol. The van der Waals surface area contributed by atoms with E-state index < -0.39 is 11.7 Å². The minimum absolute atomic E-state index is 0.248. The normalized spacial score (nSPS) is 15.0. The zero-order valence-corrected chi connectivity index (χ0v) is 15.3. The van der Waals surface area contributed by atoms with Gasteiger partial charge < -0.3 is 9.47 Å². The molecule has 3 aromatic rings. The number of nitrogens with zero attached hydrogens (tertiary/aromatic N) is 2. The third kappa shape index (κ3) is 3.30. The summed E-state index contributed by atoms with van der Waals surface area (Å²) < 4.78 is 40.2. The van der Waals surface area contributed by atoms with Crippen molar-refractivity contribution in [3.05, 3.63) is 77.5 Å². The van der Waals surface area contributed by atoms with Crippen LogP contribution in [0.2, 0.25) is 0 Å². The molecular weight excluding hydrogens is 365 g/mol. The molecule has 0 fully saturated rings. The van der Waals surface area contributed by atoms with Gasteiger partial charge in [0.25, 0.3) is 5.91 Å². The Bertz CT molecular complexity index is 1060. The molecular formula is C22H19F3N2O. The average molecular weight is 384 g/mol. The van der Waals surface area contributed by atoms with Crippen molar-refractivity contribution in [2.24, 2.45) is 7.05 Å². The molecule has 144 valence electrons. The van der Waals surface area contributed by atoms with Crippen LogP contribution in [-0.4, -0.2) is 28.5 Å². The van der Waals surface area contributed by atoms with E-state index in [4.69, 9.17) is 0 Å². The Labute approximate surface area is 160 Å². The standard InChI is InChI=1S/C22H19F3N2O/c1-26-14-19(18-4-2-3-5-20(18)26)15-10-12-27(13-11-15)21(28)16-6-8-17(9-7-16)22(23,24)25/h2-10,14H,11-13H2,1H3. The molecule has 1 aliphatic heterocycles. The van der Waals surface area contributed by atoms with Gasteiger partial charge in [-0.1, -0.05) is 24.3 Å². The molecule has 0 N–H and O–H groups in total. The van der Waals surface area contributed by atoms with Crippen molar-refractivity contribution in [1.82, 2.24) is 9.47 Å². The summed E-state index contributed by atoms with van der Waals surface area (Å²) in [5.41, 5.74) is 3.03. The zero-order chi connectivity index (χ0) is 19.9. The third-order valence-electron chi connectivity index (χ3n) is 5.20. The maximum Gasteiger partial charge on any atom is 0.416 e.